The molecule has 0 saturated heterocycles. The summed E-state index contributed by atoms with van der Waals surface area (Å²) in [7, 11) is 0. The zero-order valence-corrected chi connectivity index (χ0v) is 20.2. The maximum absolute atomic E-state index is 8.54. The molecule has 0 heterocycles. The number of benzene rings is 4. The minimum Gasteiger partial charge on any atom is -0.392 e. The largest absolute Gasteiger partial charge is 0.392 e. The normalized spacial score (nSPS) is 8.85. The zero-order valence-electron chi connectivity index (χ0n) is 18.7. The molecule has 0 spiro atoms. The molecule has 0 amide bonds. The number of aliphatic hydroxyl groups excluding tert-OH is 4. The van der Waals surface area contributed by atoms with Crippen LogP contribution in [0.25, 0.3) is 0 Å². The van der Waals surface area contributed by atoms with Crippen LogP contribution >= 0.6 is 0 Å². The second kappa shape index (κ2) is 21.3. The van der Waals surface area contributed by atoms with Gasteiger partial charge in [-0.05, 0) is 22.3 Å². The third-order valence-corrected chi connectivity index (χ3v) is 4.10. The van der Waals surface area contributed by atoms with Crippen LogP contribution in [0.5, 0.6) is 0 Å². The van der Waals surface area contributed by atoms with E-state index in [0.29, 0.717) is 0 Å². The molecule has 0 saturated carbocycles. The molecule has 0 aliphatic rings. The van der Waals surface area contributed by atoms with Crippen molar-refractivity contribution in [2.24, 2.45) is 0 Å². The Bertz CT molecular complexity index is 747. The Morgan fingerprint density at radius 1 is 0.303 bits per heavy atom. The number of rotatable bonds is 4. The summed E-state index contributed by atoms with van der Waals surface area (Å²) in [6.07, 6.45) is 0. The van der Waals surface area contributed by atoms with E-state index in [1.807, 2.05) is 121 Å². The topological polar surface area (TPSA) is 80.9 Å². The fourth-order valence-electron chi connectivity index (χ4n) is 2.33. The van der Waals surface area contributed by atoms with Gasteiger partial charge in [0.2, 0.25) is 0 Å². The Hall–Kier alpha value is -2.57. The zero-order chi connectivity index (χ0) is 23.3. The smallest absolute Gasteiger partial charge is 0.0681 e. The van der Waals surface area contributed by atoms with E-state index >= 15 is 0 Å². The molecule has 33 heavy (non-hydrogen) atoms. The molecular formula is C28H32O4Ti. The molecular weight excluding hydrogens is 448 g/mol. The second-order valence-electron chi connectivity index (χ2n) is 6.57. The summed E-state index contributed by atoms with van der Waals surface area (Å²) in [5.41, 5.74) is 3.86. The van der Waals surface area contributed by atoms with Crippen molar-refractivity contribution in [2.75, 3.05) is 0 Å². The summed E-state index contributed by atoms with van der Waals surface area (Å²) < 4.78 is 0. The van der Waals surface area contributed by atoms with E-state index < -0.39 is 0 Å². The van der Waals surface area contributed by atoms with Crippen molar-refractivity contribution in [3.05, 3.63) is 144 Å². The van der Waals surface area contributed by atoms with Crippen LogP contribution in [0.1, 0.15) is 22.3 Å². The maximum Gasteiger partial charge on any atom is 0.0681 e. The van der Waals surface area contributed by atoms with Crippen molar-refractivity contribution >= 4 is 0 Å². The van der Waals surface area contributed by atoms with Crippen LogP contribution in [0.4, 0.5) is 0 Å². The Morgan fingerprint density at radius 3 is 0.545 bits per heavy atom. The first-order valence-corrected chi connectivity index (χ1v) is 10.3. The quantitative estimate of drug-likeness (QED) is 0.319. The third kappa shape index (κ3) is 15.8. The van der Waals surface area contributed by atoms with Crippen LogP contribution in [-0.2, 0) is 48.1 Å². The van der Waals surface area contributed by atoms with Gasteiger partial charge in [0.15, 0.2) is 0 Å². The van der Waals surface area contributed by atoms with Crippen molar-refractivity contribution < 1.29 is 42.1 Å². The number of hydrogen-bond acceptors (Lipinski definition) is 4. The minimum atomic E-state index is 0. The summed E-state index contributed by atoms with van der Waals surface area (Å²) in [5, 5.41) is 34.2. The molecule has 4 aromatic carbocycles. The first-order valence-electron chi connectivity index (χ1n) is 10.3. The van der Waals surface area contributed by atoms with Gasteiger partial charge in [0.1, 0.15) is 0 Å². The summed E-state index contributed by atoms with van der Waals surface area (Å²) >= 11 is 0. The van der Waals surface area contributed by atoms with Gasteiger partial charge in [0, 0.05) is 21.7 Å². The van der Waals surface area contributed by atoms with Gasteiger partial charge in [0.05, 0.1) is 26.4 Å². The van der Waals surface area contributed by atoms with Crippen LogP contribution in [0.2, 0.25) is 0 Å². The monoisotopic (exact) mass is 480 g/mol. The second-order valence-corrected chi connectivity index (χ2v) is 6.57. The molecule has 4 N–H and O–H groups in total. The summed E-state index contributed by atoms with van der Waals surface area (Å²) in [6, 6.07) is 38.1. The molecule has 0 fully saturated rings. The van der Waals surface area contributed by atoms with Crippen LogP contribution in [-0.4, -0.2) is 20.4 Å². The van der Waals surface area contributed by atoms with Gasteiger partial charge in [-0.3, -0.25) is 0 Å². The average Bonchev–Trinajstić information content (AvgIpc) is 2.91. The summed E-state index contributed by atoms with van der Waals surface area (Å²) in [6.45, 7) is 0.559. The average molecular weight is 480 g/mol. The number of aliphatic hydroxyl groups is 4. The summed E-state index contributed by atoms with van der Waals surface area (Å²) in [5.74, 6) is 0. The van der Waals surface area contributed by atoms with Crippen molar-refractivity contribution in [2.45, 2.75) is 26.4 Å². The summed E-state index contributed by atoms with van der Waals surface area (Å²) in [4.78, 5) is 0. The molecule has 5 heteroatoms. The van der Waals surface area contributed by atoms with Crippen molar-refractivity contribution in [3.8, 4) is 0 Å². The van der Waals surface area contributed by atoms with Crippen molar-refractivity contribution in [1.82, 2.24) is 0 Å². The minimum absolute atomic E-state index is 0. The molecule has 0 unspecified atom stereocenters. The number of hydrogen-bond donors (Lipinski definition) is 4. The van der Waals surface area contributed by atoms with E-state index in [-0.39, 0.29) is 48.1 Å². The van der Waals surface area contributed by atoms with Gasteiger partial charge in [-0.15, -0.1) is 0 Å². The molecule has 4 rings (SSSR count). The van der Waals surface area contributed by atoms with Crippen molar-refractivity contribution in [3.63, 3.8) is 0 Å². The fraction of sp³-hybridized carbons (Fsp3) is 0.143. The molecule has 0 atom stereocenters. The third-order valence-electron chi connectivity index (χ3n) is 4.10. The Labute approximate surface area is 211 Å². The molecule has 0 aliphatic heterocycles. The molecule has 0 radical (unpaired) electrons. The van der Waals surface area contributed by atoms with Crippen LogP contribution in [0.15, 0.2) is 121 Å². The van der Waals surface area contributed by atoms with E-state index in [9.17, 15) is 0 Å². The van der Waals surface area contributed by atoms with Gasteiger partial charge in [-0.25, -0.2) is 0 Å². The molecule has 4 nitrogen and oxygen atoms in total. The molecule has 4 aromatic rings. The van der Waals surface area contributed by atoms with E-state index in [4.69, 9.17) is 20.4 Å². The maximum atomic E-state index is 8.54. The van der Waals surface area contributed by atoms with E-state index in [0.717, 1.165) is 22.3 Å². The van der Waals surface area contributed by atoms with Crippen molar-refractivity contribution in [1.29, 1.82) is 0 Å². The first-order chi connectivity index (χ1) is 15.7. The Balaban J connectivity index is 0.000000410. The molecule has 172 valence electrons. The van der Waals surface area contributed by atoms with E-state index in [1.54, 1.807) is 0 Å². The first kappa shape index (κ1) is 30.4. The van der Waals surface area contributed by atoms with Crippen LogP contribution < -0.4 is 0 Å². The van der Waals surface area contributed by atoms with Gasteiger partial charge in [0.25, 0.3) is 0 Å². The van der Waals surface area contributed by atoms with E-state index in [2.05, 4.69) is 0 Å². The predicted octanol–water partition coefficient (Wildman–Crippen LogP) is 4.71. The van der Waals surface area contributed by atoms with Gasteiger partial charge < -0.3 is 20.4 Å². The molecule has 0 aromatic heterocycles. The predicted molar refractivity (Wildman–Crippen MR) is 129 cm³/mol. The molecule has 0 bridgehead atoms. The van der Waals surface area contributed by atoms with Gasteiger partial charge in [-0.2, -0.15) is 0 Å². The SMILES string of the molecule is OCc1ccccc1.OCc1ccccc1.OCc1ccccc1.OCc1ccccc1.[Ti]. The van der Waals surface area contributed by atoms with Crippen LogP contribution in [0.3, 0.4) is 0 Å². The van der Waals surface area contributed by atoms with E-state index in [1.165, 1.54) is 0 Å². The Kier molecular flexibility index (Phi) is 19.6. The fourth-order valence-corrected chi connectivity index (χ4v) is 2.33. The van der Waals surface area contributed by atoms with Gasteiger partial charge >= 0.3 is 0 Å². The van der Waals surface area contributed by atoms with Crippen LogP contribution in [0, 0.1) is 0 Å². The Morgan fingerprint density at radius 2 is 0.455 bits per heavy atom. The molecule has 0 aliphatic carbocycles. The standard InChI is InChI=1S/4C7H8O.Ti/c4*8-6-7-4-2-1-3-5-7;/h4*1-5,8H,6H2;. The van der Waals surface area contributed by atoms with Gasteiger partial charge in [-0.1, -0.05) is 121 Å².